The zero-order valence-electron chi connectivity index (χ0n) is 12.9. The third kappa shape index (κ3) is 2.69. The molecule has 1 fully saturated rings. The average Bonchev–Trinajstić information content (AvgIpc) is 2.41. The van der Waals surface area contributed by atoms with Crippen LogP contribution in [0.5, 0.6) is 0 Å². The predicted molar refractivity (Wildman–Crippen MR) is 73.9 cm³/mol. The fraction of sp³-hybridized carbons (Fsp3) is 0.625. The highest BCUT2D eigenvalue weighted by atomic mass is 19.4. The van der Waals surface area contributed by atoms with Crippen LogP contribution in [0.25, 0.3) is 0 Å². The SMILES string of the molecule is Cc1cc(C(F)(F)F)ccc1C1(O)CC(C)(C)OC1(C)C. The summed E-state index contributed by atoms with van der Waals surface area (Å²) in [7, 11) is 0. The first-order chi connectivity index (χ1) is 9.29. The molecule has 1 aromatic carbocycles. The normalized spacial score (nSPS) is 27.9. The smallest absolute Gasteiger partial charge is 0.382 e. The molecule has 1 aliphatic heterocycles. The second-order valence-corrected chi connectivity index (χ2v) is 6.94. The summed E-state index contributed by atoms with van der Waals surface area (Å²) in [6.45, 7) is 8.85. The van der Waals surface area contributed by atoms with Crippen LogP contribution in [0.1, 0.15) is 50.8 Å². The molecule has 5 heteroatoms. The summed E-state index contributed by atoms with van der Waals surface area (Å²) in [6.07, 6.45) is -4.05. The average molecular weight is 302 g/mol. The first-order valence-electron chi connectivity index (χ1n) is 6.89. The molecule has 2 rings (SSSR count). The second-order valence-electron chi connectivity index (χ2n) is 6.94. The van der Waals surface area contributed by atoms with Gasteiger partial charge in [-0.05, 0) is 57.9 Å². The lowest BCUT2D eigenvalue weighted by Gasteiger charge is -2.36. The third-order valence-corrected chi connectivity index (χ3v) is 4.21. The van der Waals surface area contributed by atoms with Crippen LogP contribution < -0.4 is 0 Å². The fourth-order valence-corrected chi connectivity index (χ4v) is 3.36. The number of halogens is 3. The van der Waals surface area contributed by atoms with Crippen LogP contribution in [0, 0.1) is 6.92 Å². The van der Waals surface area contributed by atoms with Gasteiger partial charge in [0.2, 0.25) is 0 Å². The summed E-state index contributed by atoms with van der Waals surface area (Å²) in [6, 6.07) is 3.46. The first kappa shape index (κ1) is 16.3. The van der Waals surface area contributed by atoms with Crippen molar-refractivity contribution in [2.24, 2.45) is 0 Å². The molecule has 118 valence electrons. The zero-order chi connectivity index (χ0) is 16.3. The van der Waals surface area contributed by atoms with Gasteiger partial charge in [-0.1, -0.05) is 6.07 Å². The third-order valence-electron chi connectivity index (χ3n) is 4.21. The van der Waals surface area contributed by atoms with Crippen molar-refractivity contribution in [2.75, 3.05) is 0 Å². The maximum absolute atomic E-state index is 12.8. The Hall–Kier alpha value is -1.07. The van der Waals surface area contributed by atoms with E-state index in [1.807, 2.05) is 13.8 Å². The minimum atomic E-state index is -4.38. The van der Waals surface area contributed by atoms with Crippen LogP contribution >= 0.6 is 0 Å². The summed E-state index contributed by atoms with van der Waals surface area (Å²) < 4.78 is 44.2. The Morgan fingerprint density at radius 3 is 2.10 bits per heavy atom. The molecule has 0 spiro atoms. The van der Waals surface area contributed by atoms with E-state index in [1.165, 1.54) is 6.07 Å². The van der Waals surface area contributed by atoms with Crippen molar-refractivity contribution in [3.8, 4) is 0 Å². The van der Waals surface area contributed by atoms with Gasteiger partial charge in [0.25, 0.3) is 0 Å². The van der Waals surface area contributed by atoms with Gasteiger partial charge < -0.3 is 9.84 Å². The van der Waals surface area contributed by atoms with E-state index in [4.69, 9.17) is 4.74 Å². The van der Waals surface area contributed by atoms with Gasteiger partial charge in [-0.25, -0.2) is 0 Å². The van der Waals surface area contributed by atoms with Crippen molar-refractivity contribution in [3.63, 3.8) is 0 Å². The summed E-state index contributed by atoms with van der Waals surface area (Å²) in [5.74, 6) is 0. The van der Waals surface area contributed by atoms with E-state index >= 15 is 0 Å². The number of hydrogen-bond acceptors (Lipinski definition) is 2. The van der Waals surface area contributed by atoms with Gasteiger partial charge in [-0.3, -0.25) is 0 Å². The summed E-state index contributed by atoms with van der Waals surface area (Å²) >= 11 is 0. The van der Waals surface area contributed by atoms with Crippen molar-refractivity contribution < 1.29 is 23.0 Å². The van der Waals surface area contributed by atoms with E-state index in [9.17, 15) is 18.3 Å². The summed E-state index contributed by atoms with van der Waals surface area (Å²) in [5, 5.41) is 11.1. The van der Waals surface area contributed by atoms with E-state index in [-0.39, 0.29) is 0 Å². The Kier molecular flexibility index (Phi) is 3.46. The van der Waals surface area contributed by atoms with E-state index in [0.29, 0.717) is 17.5 Å². The molecular weight excluding hydrogens is 281 g/mol. The van der Waals surface area contributed by atoms with Crippen LogP contribution in [0.4, 0.5) is 13.2 Å². The largest absolute Gasteiger partial charge is 0.416 e. The molecular formula is C16H21F3O2. The Labute approximate surface area is 122 Å². The van der Waals surface area contributed by atoms with E-state index < -0.39 is 28.5 Å². The molecule has 0 aliphatic carbocycles. The fourth-order valence-electron chi connectivity index (χ4n) is 3.36. The van der Waals surface area contributed by atoms with Gasteiger partial charge in [0.1, 0.15) is 5.60 Å². The Morgan fingerprint density at radius 1 is 1.14 bits per heavy atom. The topological polar surface area (TPSA) is 29.5 Å². The van der Waals surface area contributed by atoms with Crippen molar-refractivity contribution in [1.82, 2.24) is 0 Å². The molecule has 0 radical (unpaired) electrons. The minimum Gasteiger partial charge on any atom is -0.382 e. The van der Waals surface area contributed by atoms with Gasteiger partial charge in [-0.15, -0.1) is 0 Å². The number of alkyl halides is 3. The molecule has 0 bridgehead atoms. The predicted octanol–water partition coefficient (Wildman–Crippen LogP) is 4.18. The number of ether oxygens (including phenoxy) is 1. The molecule has 0 aromatic heterocycles. The van der Waals surface area contributed by atoms with Gasteiger partial charge in [-0.2, -0.15) is 13.2 Å². The van der Waals surface area contributed by atoms with E-state index in [0.717, 1.165) is 12.1 Å². The molecule has 1 unspecified atom stereocenters. The molecule has 1 N–H and O–H groups in total. The lowest BCUT2D eigenvalue weighted by molar-refractivity contribution is -0.138. The highest BCUT2D eigenvalue weighted by molar-refractivity contribution is 5.39. The van der Waals surface area contributed by atoms with Crippen LogP contribution in [-0.4, -0.2) is 16.3 Å². The van der Waals surface area contributed by atoms with Crippen molar-refractivity contribution in [1.29, 1.82) is 0 Å². The zero-order valence-corrected chi connectivity index (χ0v) is 12.9. The first-order valence-corrected chi connectivity index (χ1v) is 6.89. The van der Waals surface area contributed by atoms with Crippen LogP contribution in [0.2, 0.25) is 0 Å². The molecule has 1 atom stereocenters. The maximum Gasteiger partial charge on any atom is 0.416 e. The van der Waals surface area contributed by atoms with Crippen LogP contribution in [0.3, 0.4) is 0 Å². The number of benzene rings is 1. The molecule has 1 heterocycles. The molecule has 0 amide bonds. The number of aliphatic hydroxyl groups is 1. The van der Waals surface area contributed by atoms with Crippen molar-refractivity contribution in [2.45, 2.75) is 64.0 Å². The highest BCUT2D eigenvalue weighted by Crippen LogP contribution is 2.51. The van der Waals surface area contributed by atoms with E-state index in [1.54, 1.807) is 20.8 Å². The lowest BCUT2D eigenvalue weighted by Crippen LogP contribution is -2.44. The number of hydrogen-bond donors (Lipinski definition) is 1. The molecule has 1 aromatic rings. The minimum absolute atomic E-state index is 0.333. The van der Waals surface area contributed by atoms with Crippen molar-refractivity contribution >= 4 is 0 Å². The molecule has 1 saturated heterocycles. The molecule has 21 heavy (non-hydrogen) atoms. The molecule has 2 nitrogen and oxygen atoms in total. The number of aryl methyl sites for hydroxylation is 1. The van der Waals surface area contributed by atoms with Gasteiger partial charge in [0, 0.05) is 6.42 Å². The van der Waals surface area contributed by atoms with Crippen LogP contribution in [-0.2, 0) is 16.5 Å². The highest BCUT2D eigenvalue weighted by Gasteiger charge is 2.57. The van der Waals surface area contributed by atoms with Crippen LogP contribution in [0.15, 0.2) is 18.2 Å². The van der Waals surface area contributed by atoms with Gasteiger partial charge in [0.15, 0.2) is 0 Å². The Balaban J connectivity index is 2.52. The van der Waals surface area contributed by atoms with Gasteiger partial charge >= 0.3 is 6.18 Å². The summed E-state index contributed by atoms with van der Waals surface area (Å²) in [4.78, 5) is 0. The second kappa shape index (κ2) is 4.46. The standard InChI is InChI=1S/C16H21F3O2/c1-10-8-11(16(17,18)19)6-7-12(10)15(20)9-13(2,3)21-14(15,4)5/h6-8,20H,9H2,1-5H3. The number of rotatable bonds is 1. The maximum atomic E-state index is 12.8. The Morgan fingerprint density at radius 2 is 1.71 bits per heavy atom. The van der Waals surface area contributed by atoms with Gasteiger partial charge in [0.05, 0.1) is 16.8 Å². The van der Waals surface area contributed by atoms with Crippen molar-refractivity contribution in [3.05, 3.63) is 34.9 Å². The van der Waals surface area contributed by atoms with E-state index in [2.05, 4.69) is 0 Å². The Bertz CT molecular complexity index is 561. The summed E-state index contributed by atoms with van der Waals surface area (Å²) in [5.41, 5.74) is -2.52. The monoisotopic (exact) mass is 302 g/mol. The molecule has 0 saturated carbocycles. The quantitative estimate of drug-likeness (QED) is 0.843. The lowest BCUT2D eigenvalue weighted by atomic mass is 9.75. The molecule has 1 aliphatic rings.